The molecule has 1 aliphatic heterocycles. The molecular formula is C15H22N2O5S2. The first kappa shape index (κ1) is 18.9. The Morgan fingerprint density at radius 3 is 2.38 bits per heavy atom. The number of rotatable bonds is 6. The SMILES string of the molecule is CC(C)CCC(=O)N1CCN(S(=O)(=O)c2cc(C(=O)O)cs2)CC1. The van der Waals surface area contributed by atoms with E-state index in [9.17, 15) is 18.0 Å². The van der Waals surface area contributed by atoms with Gasteiger partial charge in [-0.3, -0.25) is 4.79 Å². The number of hydrogen-bond acceptors (Lipinski definition) is 5. The van der Waals surface area contributed by atoms with Crippen molar-refractivity contribution in [3.8, 4) is 0 Å². The summed E-state index contributed by atoms with van der Waals surface area (Å²) < 4.78 is 26.5. The maximum Gasteiger partial charge on any atom is 0.336 e. The van der Waals surface area contributed by atoms with Gasteiger partial charge in [0.15, 0.2) is 0 Å². The molecule has 24 heavy (non-hydrogen) atoms. The Morgan fingerprint density at radius 2 is 1.88 bits per heavy atom. The smallest absolute Gasteiger partial charge is 0.336 e. The monoisotopic (exact) mass is 374 g/mol. The number of amides is 1. The van der Waals surface area contributed by atoms with Gasteiger partial charge in [-0.1, -0.05) is 13.8 Å². The highest BCUT2D eigenvalue weighted by Gasteiger charge is 2.31. The molecule has 134 valence electrons. The molecule has 0 bridgehead atoms. The number of carbonyl (C=O) groups is 2. The van der Waals surface area contributed by atoms with Gasteiger partial charge < -0.3 is 10.0 Å². The van der Waals surface area contributed by atoms with Gasteiger partial charge in [0.25, 0.3) is 10.0 Å². The van der Waals surface area contributed by atoms with Crippen LogP contribution < -0.4 is 0 Å². The Balaban J connectivity index is 1.97. The molecule has 0 radical (unpaired) electrons. The molecule has 2 rings (SSSR count). The van der Waals surface area contributed by atoms with Gasteiger partial charge >= 0.3 is 5.97 Å². The molecule has 1 aromatic rings. The third-order valence-electron chi connectivity index (χ3n) is 3.94. The molecule has 1 aliphatic rings. The van der Waals surface area contributed by atoms with Crippen LogP contribution in [0.25, 0.3) is 0 Å². The number of carboxylic acid groups (broad SMARTS) is 1. The summed E-state index contributed by atoms with van der Waals surface area (Å²) in [6.45, 7) is 5.32. The van der Waals surface area contributed by atoms with Crippen LogP contribution in [0.5, 0.6) is 0 Å². The quantitative estimate of drug-likeness (QED) is 0.818. The molecule has 0 aromatic carbocycles. The summed E-state index contributed by atoms with van der Waals surface area (Å²) in [6.07, 6.45) is 1.31. The Hall–Kier alpha value is -1.45. The van der Waals surface area contributed by atoms with Crippen LogP contribution in [0.2, 0.25) is 0 Å². The Bertz CT molecular complexity index is 703. The van der Waals surface area contributed by atoms with E-state index in [0.29, 0.717) is 25.4 Å². The molecule has 0 saturated carbocycles. The van der Waals surface area contributed by atoms with Gasteiger partial charge in [-0.25, -0.2) is 13.2 Å². The lowest BCUT2D eigenvalue weighted by molar-refractivity contribution is -0.132. The summed E-state index contributed by atoms with van der Waals surface area (Å²) >= 11 is 0.906. The number of carboxylic acids is 1. The molecule has 1 N–H and O–H groups in total. The first-order valence-corrected chi connectivity index (χ1v) is 10.1. The van der Waals surface area contributed by atoms with Crippen LogP contribution in [-0.2, 0) is 14.8 Å². The van der Waals surface area contributed by atoms with Crippen LogP contribution in [0.4, 0.5) is 0 Å². The average molecular weight is 374 g/mol. The van der Waals surface area contributed by atoms with Crippen molar-refractivity contribution in [1.82, 2.24) is 9.21 Å². The van der Waals surface area contributed by atoms with Crippen LogP contribution in [0.15, 0.2) is 15.7 Å². The fourth-order valence-corrected chi connectivity index (χ4v) is 5.17. The van der Waals surface area contributed by atoms with E-state index in [4.69, 9.17) is 5.11 Å². The standard InChI is InChI=1S/C15H22N2O5S2/c1-11(2)3-4-13(18)16-5-7-17(8-6-16)24(21,22)14-9-12(10-23-14)15(19)20/h9-11H,3-8H2,1-2H3,(H,19,20). The molecule has 0 unspecified atom stereocenters. The lowest BCUT2D eigenvalue weighted by Crippen LogP contribution is -2.50. The molecule has 0 aliphatic carbocycles. The lowest BCUT2D eigenvalue weighted by atomic mass is 10.1. The summed E-state index contributed by atoms with van der Waals surface area (Å²) in [5, 5.41) is 10.2. The van der Waals surface area contributed by atoms with Crippen molar-refractivity contribution >= 4 is 33.2 Å². The van der Waals surface area contributed by atoms with Gasteiger partial charge in [0.05, 0.1) is 5.56 Å². The molecule has 1 aromatic heterocycles. The molecule has 7 nitrogen and oxygen atoms in total. The number of hydrogen-bond donors (Lipinski definition) is 1. The largest absolute Gasteiger partial charge is 0.478 e. The van der Waals surface area contributed by atoms with E-state index in [2.05, 4.69) is 13.8 Å². The van der Waals surface area contributed by atoms with E-state index in [0.717, 1.165) is 17.8 Å². The minimum Gasteiger partial charge on any atom is -0.478 e. The topological polar surface area (TPSA) is 95.0 Å². The summed E-state index contributed by atoms with van der Waals surface area (Å²) in [5.41, 5.74) is -0.0268. The maximum atomic E-state index is 12.6. The number of nitrogens with zero attached hydrogens (tertiary/aromatic N) is 2. The fraction of sp³-hybridized carbons (Fsp3) is 0.600. The van der Waals surface area contributed by atoms with Gasteiger partial charge in [0, 0.05) is 38.0 Å². The van der Waals surface area contributed by atoms with Gasteiger partial charge in [0.1, 0.15) is 4.21 Å². The first-order chi connectivity index (χ1) is 11.2. The van der Waals surface area contributed by atoms with Gasteiger partial charge in [0.2, 0.25) is 5.91 Å². The minimum absolute atomic E-state index is 0.0268. The zero-order valence-electron chi connectivity index (χ0n) is 13.8. The molecule has 1 saturated heterocycles. The highest BCUT2D eigenvalue weighted by molar-refractivity contribution is 7.91. The number of piperazine rings is 1. The second-order valence-electron chi connectivity index (χ2n) is 6.18. The van der Waals surface area contributed by atoms with Crippen LogP contribution >= 0.6 is 11.3 Å². The van der Waals surface area contributed by atoms with Crippen molar-refractivity contribution in [2.75, 3.05) is 26.2 Å². The molecule has 1 amide bonds. The zero-order valence-corrected chi connectivity index (χ0v) is 15.4. The predicted octanol–water partition coefficient (Wildman–Crippen LogP) is 1.72. The van der Waals surface area contributed by atoms with E-state index in [1.54, 1.807) is 4.90 Å². The Kier molecular flexibility index (Phi) is 6.00. The van der Waals surface area contributed by atoms with E-state index < -0.39 is 16.0 Å². The summed E-state index contributed by atoms with van der Waals surface area (Å²) in [7, 11) is -3.70. The molecule has 0 atom stereocenters. The van der Waals surface area contributed by atoms with Crippen LogP contribution in [0.3, 0.4) is 0 Å². The Labute approximate surface area is 145 Å². The second kappa shape index (κ2) is 7.62. The molecular weight excluding hydrogens is 352 g/mol. The van der Waals surface area contributed by atoms with Crippen LogP contribution in [0, 0.1) is 5.92 Å². The van der Waals surface area contributed by atoms with Crippen molar-refractivity contribution in [2.24, 2.45) is 5.92 Å². The molecule has 2 heterocycles. The molecule has 9 heteroatoms. The van der Waals surface area contributed by atoms with E-state index in [1.807, 2.05) is 0 Å². The highest BCUT2D eigenvalue weighted by atomic mass is 32.2. The van der Waals surface area contributed by atoms with Crippen molar-refractivity contribution in [3.63, 3.8) is 0 Å². The number of thiophene rings is 1. The third-order valence-corrected chi connectivity index (χ3v) is 7.26. The minimum atomic E-state index is -3.70. The lowest BCUT2D eigenvalue weighted by Gasteiger charge is -2.33. The fourth-order valence-electron chi connectivity index (χ4n) is 2.44. The zero-order chi connectivity index (χ0) is 17.9. The van der Waals surface area contributed by atoms with Crippen molar-refractivity contribution in [2.45, 2.75) is 30.9 Å². The van der Waals surface area contributed by atoms with E-state index >= 15 is 0 Å². The Morgan fingerprint density at radius 1 is 1.25 bits per heavy atom. The molecule has 1 fully saturated rings. The normalized spacial score (nSPS) is 16.5. The number of sulfonamides is 1. The number of carbonyl (C=O) groups excluding carboxylic acids is 1. The number of aromatic carboxylic acids is 1. The predicted molar refractivity (Wildman–Crippen MR) is 90.7 cm³/mol. The van der Waals surface area contributed by atoms with Gasteiger partial charge in [-0.15, -0.1) is 11.3 Å². The van der Waals surface area contributed by atoms with Crippen LogP contribution in [-0.4, -0.2) is 60.8 Å². The summed E-state index contributed by atoms with van der Waals surface area (Å²) in [5.74, 6) is -0.629. The van der Waals surface area contributed by atoms with Crippen molar-refractivity contribution in [3.05, 3.63) is 17.0 Å². The highest BCUT2D eigenvalue weighted by Crippen LogP contribution is 2.25. The van der Waals surface area contributed by atoms with Crippen molar-refractivity contribution in [1.29, 1.82) is 0 Å². The van der Waals surface area contributed by atoms with Crippen LogP contribution in [0.1, 0.15) is 37.0 Å². The third kappa shape index (κ3) is 4.34. The van der Waals surface area contributed by atoms with Gasteiger partial charge in [-0.2, -0.15) is 4.31 Å². The first-order valence-electron chi connectivity index (χ1n) is 7.81. The van der Waals surface area contributed by atoms with Gasteiger partial charge in [-0.05, 0) is 18.4 Å². The molecule has 0 spiro atoms. The van der Waals surface area contributed by atoms with E-state index in [1.165, 1.54) is 15.8 Å². The average Bonchev–Trinajstić information content (AvgIpc) is 3.03. The maximum absolute atomic E-state index is 12.6. The summed E-state index contributed by atoms with van der Waals surface area (Å²) in [6, 6.07) is 1.18. The van der Waals surface area contributed by atoms with E-state index in [-0.39, 0.29) is 28.8 Å². The summed E-state index contributed by atoms with van der Waals surface area (Å²) in [4.78, 5) is 24.7. The second-order valence-corrected chi connectivity index (χ2v) is 9.25. The van der Waals surface area contributed by atoms with Crippen molar-refractivity contribution < 1.29 is 23.1 Å².